The predicted molar refractivity (Wildman–Crippen MR) is 123 cm³/mol. The largest absolute Gasteiger partial charge is 0.437 e. The average molecular weight is 434 g/mol. The van der Waals surface area contributed by atoms with Crippen LogP contribution in [0.3, 0.4) is 0 Å². The molecule has 3 aromatic rings. The Morgan fingerprint density at radius 1 is 1.03 bits per heavy atom. The third kappa shape index (κ3) is 6.07. The van der Waals surface area contributed by atoms with Gasteiger partial charge in [-0.2, -0.15) is 0 Å². The second kappa shape index (κ2) is 10.4. The van der Waals surface area contributed by atoms with Crippen LogP contribution in [0.4, 0.5) is 0 Å². The molecule has 0 aliphatic carbocycles. The number of likely N-dealkylation sites (tertiary alicyclic amines) is 1. The van der Waals surface area contributed by atoms with Crippen LogP contribution >= 0.6 is 11.8 Å². The van der Waals surface area contributed by atoms with Gasteiger partial charge in [0.05, 0.1) is 5.75 Å². The predicted octanol–water partition coefficient (Wildman–Crippen LogP) is 5.15. The van der Waals surface area contributed by atoms with Gasteiger partial charge in [0, 0.05) is 25.5 Å². The summed E-state index contributed by atoms with van der Waals surface area (Å²) in [6, 6.07) is 18.4. The highest BCUT2D eigenvalue weighted by molar-refractivity contribution is 8.00. The number of ether oxygens (including phenoxy) is 1. The third-order valence-corrected chi connectivity index (χ3v) is 6.48. The molecule has 2 aromatic carbocycles. The SMILES string of the molecule is Cc1ccc(Oc2nccnc2SCC(=O)N2CCC(Cc3ccccc3)CC2)cc1. The van der Waals surface area contributed by atoms with Crippen molar-refractivity contribution in [3.63, 3.8) is 0 Å². The Morgan fingerprint density at radius 3 is 2.48 bits per heavy atom. The summed E-state index contributed by atoms with van der Waals surface area (Å²) < 4.78 is 5.89. The first-order valence-corrected chi connectivity index (χ1v) is 11.7. The lowest BCUT2D eigenvalue weighted by molar-refractivity contribution is -0.129. The monoisotopic (exact) mass is 433 g/mol. The van der Waals surface area contributed by atoms with Crippen molar-refractivity contribution in [2.24, 2.45) is 5.92 Å². The Kier molecular flexibility index (Phi) is 7.20. The normalized spacial score (nSPS) is 14.4. The van der Waals surface area contributed by atoms with Crippen molar-refractivity contribution in [3.05, 3.63) is 78.1 Å². The highest BCUT2D eigenvalue weighted by Crippen LogP contribution is 2.29. The van der Waals surface area contributed by atoms with Gasteiger partial charge in [-0.3, -0.25) is 4.79 Å². The van der Waals surface area contributed by atoms with Gasteiger partial charge in [0.1, 0.15) is 5.75 Å². The first-order valence-electron chi connectivity index (χ1n) is 10.7. The summed E-state index contributed by atoms with van der Waals surface area (Å²) in [4.78, 5) is 23.4. The first-order chi connectivity index (χ1) is 15.2. The minimum Gasteiger partial charge on any atom is -0.437 e. The number of carbonyl (C=O) groups excluding carboxylic acids is 1. The summed E-state index contributed by atoms with van der Waals surface area (Å²) in [6.45, 7) is 3.68. The van der Waals surface area contributed by atoms with Crippen LogP contribution in [0.5, 0.6) is 11.6 Å². The molecular formula is C25H27N3O2S. The lowest BCUT2D eigenvalue weighted by atomic mass is 9.90. The Hall–Kier alpha value is -2.86. The first kappa shape index (κ1) is 21.4. The van der Waals surface area contributed by atoms with E-state index in [1.54, 1.807) is 12.4 Å². The fourth-order valence-electron chi connectivity index (χ4n) is 3.75. The van der Waals surface area contributed by atoms with E-state index in [1.165, 1.54) is 22.9 Å². The van der Waals surface area contributed by atoms with Crippen LogP contribution in [0, 0.1) is 12.8 Å². The number of nitrogens with zero attached hydrogens (tertiary/aromatic N) is 3. The van der Waals surface area contributed by atoms with Gasteiger partial charge in [-0.15, -0.1) is 0 Å². The Balaban J connectivity index is 1.28. The summed E-state index contributed by atoms with van der Waals surface area (Å²) in [6.07, 6.45) is 6.43. The maximum atomic E-state index is 12.8. The van der Waals surface area contributed by atoms with Crippen molar-refractivity contribution in [3.8, 4) is 11.6 Å². The van der Waals surface area contributed by atoms with Gasteiger partial charge in [-0.05, 0) is 49.8 Å². The average Bonchev–Trinajstić information content (AvgIpc) is 2.81. The van der Waals surface area contributed by atoms with E-state index < -0.39 is 0 Å². The molecule has 0 atom stereocenters. The topological polar surface area (TPSA) is 55.3 Å². The van der Waals surface area contributed by atoms with Crippen LogP contribution in [0.2, 0.25) is 0 Å². The summed E-state index contributed by atoms with van der Waals surface area (Å²) in [5.41, 5.74) is 2.55. The van der Waals surface area contributed by atoms with Gasteiger partial charge in [-0.25, -0.2) is 9.97 Å². The second-order valence-corrected chi connectivity index (χ2v) is 8.85. The molecule has 0 unspecified atom stereocenters. The molecule has 6 heteroatoms. The number of hydrogen-bond acceptors (Lipinski definition) is 5. The smallest absolute Gasteiger partial charge is 0.252 e. The Bertz CT molecular complexity index is 987. The molecule has 0 spiro atoms. The van der Waals surface area contributed by atoms with E-state index in [2.05, 4.69) is 40.3 Å². The molecule has 160 valence electrons. The third-order valence-electron chi connectivity index (χ3n) is 5.54. The summed E-state index contributed by atoms with van der Waals surface area (Å²) in [5, 5.41) is 0.635. The molecule has 0 radical (unpaired) electrons. The van der Waals surface area contributed by atoms with E-state index >= 15 is 0 Å². The van der Waals surface area contributed by atoms with Crippen molar-refractivity contribution < 1.29 is 9.53 Å². The molecule has 1 aliphatic heterocycles. The van der Waals surface area contributed by atoms with E-state index in [9.17, 15) is 4.79 Å². The standard InChI is InChI=1S/C25H27N3O2S/c1-19-7-9-22(10-8-19)30-24-25(27-14-13-26-24)31-18-23(29)28-15-11-21(12-16-28)17-20-5-3-2-4-6-20/h2-10,13-14,21H,11-12,15-18H2,1H3. The van der Waals surface area contributed by atoms with Gasteiger partial charge in [0.2, 0.25) is 5.91 Å². The van der Waals surface area contributed by atoms with Crippen LogP contribution < -0.4 is 4.74 Å². The van der Waals surface area contributed by atoms with Crippen LogP contribution in [0.15, 0.2) is 72.0 Å². The quantitative estimate of drug-likeness (QED) is 0.482. The van der Waals surface area contributed by atoms with Gasteiger partial charge in [-0.1, -0.05) is 59.8 Å². The molecule has 0 saturated carbocycles. The van der Waals surface area contributed by atoms with E-state index in [-0.39, 0.29) is 5.91 Å². The number of carbonyl (C=O) groups is 1. The van der Waals surface area contributed by atoms with E-state index in [1.807, 2.05) is 36.1 Å². The molecule has 1 amide bonds. The molecule has 1 saturated heterocycles. The van der Waals surface area contributed by atoms with Crippen LogP contribution in [0.1, 0.15) is 24.0 Å². The fraction of sp³-hybridized carbons (Fsp3) is 0.320. The van der Waals surface area contributed by atoms with Crippen molar-refractivity contribution in [2.75, 3.05) is 18.8 Å². The van der Waals surface area contributed by atoms with Gasteiger partial charge < -0.3 is 9.64 Å². The highest BCUT2D eigenvalue weighted by Gasteiger charge is 2.23. The molecule has 0 bridgehead atoms. The summed E-state index contributed by atoms with van der Waals surface area (Å²) in [5.74, 6) is 2.28. The van der Waals surface area contributed by atoms with Crippen molar-refractivity contribution in [1.82, 2.24) is 14.9 Å². The zero-order chi connectivity index (χ0) is 21.5. The number of hydrogen-bond donors (Lipinski definition) is 0. The second-order valence-electron chi connectivity index (χ2n) is 7.88. The van der Waals surface area contributed by atoms with Gasteiger partial charge >= 0.3 is 0 Å². The number of thioether (sulfide) groups is 1. The number of aromatic nitrogens is 2. The lowest BCUT2D eigenvalue weighted by Crippen LogP contribution is -2.39. The number of aryl methyl sites for hydroxylation is 1. The van der Waals surface area contributed by atoms with Crippen molar-refractivity contribution in [2.45, 2.75) is 31.2 Å². The highest BCUT2D eigenvalue weighted by atomic mass is 32.2. The van der Waals surface area contributed by atoms with Crippen LogP contribution in [-0.4, -0.2) is 39.6 Å². The maximum absolute atomic E-state index is 12.8. The zero-order valence-electron chi connectivity index (χ0n) is 17.7. The number of amides is 1. The fourth-order valence-corrected chi connectivity index (χ4v) is 4.55. The molecule has 4 rings (SSSR count). The van der Waals surface area contributed by atoms with Crippen molar-refractivity contribution in [1.29, 1.82) is 0 Å². The number of piperidine rings is 1. The molecule has 1 aromatic heterocycles. The van der Waals surface area contributed by atoms with Crippen LogP contribution in [-0.2, 0) is 11.2 Å². The Morgan fingerprint density at radius 2 is 1.74 bits per heavy atom. The van der Waals surface area contributed by atoms with E-state index in [0.717, 1.165) is 32.4 Å². The lowest BCUT2D eigenvalue weighted by Gasteiger charge is -2.32. The summed E-state index contributed by atoms with van der Waals surface area (Å²) >= 11 is 1.38. The van der Waals surface area contributed by atoms with E-state index in [0.29, 0.717) is 28.3 Å². The number of benzene rings is 2. The maximum Gasteiger partial charge on any atom is 0.252 e. The molecule has 31 heavy (non-hydrogen) atoms. The van der Waals surface area contributed by atoms with Gasteiger partial charge in [0.15, 0.2) is 5.03 Å². The Labute approximate surface area is 187 Å². The molecule has 1 fully saturated rings. The van der Waals surface area contributed by atoms with Gasteiger partial charge in [0.25, 0.3) is 5.88 Å². The van der Waals surface area contributed by atoms with Crippen LogP contribution in [0.25, 0.3) is 0 Å². The molecule has 0 N–H and O–H groups in total. The minimum atomic E-state index is 0.148. The molecular weight excluding hydrogens is 406 g/mol. The molecule has 2 heterocycles. The molecule has 5 nitrogen and oxygen atoms in total. The number of rotatable bonds is 7. The summed E-state index contributed by atoms with van der Waals surface area (Å²) in [7, 11) is 0. The van der Waals surface area contributed by atoms with E-state index in [4.69, 9.17) is 4.74 Å². The minimum absolute atomic E-state index is 0.148. The molecule has 1 aliphatic rings. The zero-order valence-corrected chi connectivity index (χ0v) is 18.6. The van der Waals surface area contributed by atoms with Crippen molar-refractivity contribution >= 4 is 17.7 Å².